The quantitative estimate of drug-likeness (QED) is 0.0841. The lowest BCUT2D eigenvalue weighted by Gasteiger charge is -2.37. The maximum absolute atomic E-state index is 11.2. The van der Waals surface area contributed by atoms with E-state index in [1.165, 1.54) is 6.33 Å². The van der Waals surface area contributed by atoms with Crippen molar-refractivity contribution in [2.24, 2.45) is 4.99 Å². The number of H-pyrrole nitrogens is 1. The summed E-state index contributed by atoms with van der Waals surface area (Å²) in [5.41, 5.74) is 2.20. The molecule has 2 saturated carbocycles. The van der Waals surface area contributed by atoms with Gasteiger partial charge in [-0.15, -0.1) is 35.8 Å². The van der Waals surface area contributed by atoms with Gasteiger partial charge >= 0.3 is 0 Å². The summed E-state index contributed by atoms with van der Waals surface area (Å²) in [4.78, 5) is 6.83. The third-order valence-corrected chi connectivity index (χ3v) is 11.0. The van der Waals surface area contributed by atoms with E-state index in [0.717, 1.165) is 36.8 Å². The van der Waals surface area contributed by atoms with Crippen LogP contribution >= 0.6 is 71.3 Å². The summed E-state index contributed by atoms with van der Waals surface area (Å²) < 4.78 is 2.03. The van der Waals surface area contributed by atoms with Crippen molar-refractivity contribution in [1.29, 1.82) is 0 Å². The number of aliphatic imine (C=N–C) groups is 1. The number of hydrazine groups is 1. The predicted molar refractivity (Wildman–Crippen MR) is 180 cm³/mol. The maximum Gasteiger partial charge on any atom is 0.215 e. The van der Waals surface area contributed by atoms with Crippen LogP contribution in [0, 0.1) is 4.77 Å². The number of aromatic amines is 1. The largest absolute Gasteiger partial charge is 0.386 e. The molecule has 43 heavy (non-hydrogen) atoms. The van der Waals surface area contributed by atoms with Crippen LogP contribution in [0.15, 0.2) is 59.9 Å². The fourth-order valence-corrected chi connectivity index (χ4v) is 6.39. The molecule has 0 spiro atoms. The van der Waals surface area contributed by atoms with Crippen molar-refractivity contribution >= 4 is 86.0 Å². The Balaban J connectivity index is 0.000000192. The topological polar surface area (TPSA) is 102 Å². The van der Waals surface area contributed by atoms with Gasteiger partial charge in [0.15, 0.2) is 5.50 Å². The van der Waals surface area contributed by atoms with Crippen molar-refractivity contribution in [2.75, 3.05) is 6.54 Å². The highest BCUT2D eigenvalue weighted by atomic mass is 35.5. The van der Waals surface area contributed by atoms with E-state index in [0.29, 0.717) is 34.2 Å². The number of thiol groups is 1. The zero-order valence-corrected chi connectivity index (χ0v) is 27.9. The average molecular weight is 701 g/mol. The van der Waals surface area contributed by atoms with Crippen molar-refractivity contribution in [2.45, 2.75) is 71.5 Å². The van der Waals surface area contributed by atoms with Crippen molar-refractivity contribution in [3.05, 3.63) is 80.8 Å². The van der Waals surface area contributed by atoms with Gasteiger partial charge in [0.25, 0.3) is 0 Å². The number of benzene rings is 2. The third-order valence-electron chi connectivity index (χ3n) is 8.11. The molecule has 0 saturated heterocycles. The molecule has 6 rings (SSSR count). The number of nitrogens with zero attached hydrogens (tertiary/aromatic N) is 4. The molecule has 2 aliphatic carbocycles. The third kappa shape index (κ3) is 7.76. The van der Waals surface area contributed by atoms with Gasteiger partial charge in [0.2, 0.25) is 4.77 Å². The number of aliphatic hydroxyl groups is 2. The second kappa shape index (κ2) is 13.6. The highest BCUT2D eigenvalue weighted by Crippen LogP contribution is 2.54. The Kier molecular flexibility index (Phi) is 10.9. The number of nitrogens with one attached hydrogen (secondary N) is 2. The highest BCUT2D eigenvalue weighted by molar-refractivity contribution is 7.80. The van der Waals surface area contributed by atoms with Crippen molar-refractivity contribution in [3.63, 3.8) is 0 Å². The Hall–Kier alpha value is -1.28. The predicted octanol–water partition coefficient (Wildman–Crippen LogP) is 5.41. The SMILES string of the molecule is OC(Cc1ccccc1Cl)(CN1NC=NC1S)C1(Cl)CC1.OC(Cc1ccccc1Cl)(Cn1[nH]cnc1=S)C1(Cl)CC1.[B]. The van der Waals surface area contributed by atoms with Crippen LogP contribution < -0.4 is 5.43 Å². The van der Waals surface area contributed by atoms with Crippen LogP contribution in [-0.4, -0.2) is 77.7 Å². The van der Waals surface area contributed by atoms with E-state index >= 15 is 0 Å². The molecule has 3 unspecified atom stereocenters. The van der Waals surface area contributed by atoms with E-state index in [-0.39, 0.29) is 20.5 Å². The molecule has 3 radical (unpaired) electrons. The molecule has 3 aliphatic rings. The molecule has 2 heterocycles. The lowest BCUT2D eigenvalue weighted by atomic mass is 9.88. The molecule has 8 nitrogen and oxygen atoms in total. The highest BCUT2D eigenvalue weighted by Gasteiger charge is 2.59. The van der Waals surface area contributed by atoms with E-state index in [9.17, 15) is 10.2 Å². The van der Waals surface area contributed by atoms with Gasteiger partial charge in [0.05, 0.1) is 29.2 Å². The van der Waals surface area contributed by atoms with E-state index in [1.807, 2.05) is 48.5 Å². The van der Waals surface area contributed by atoms with Crippen LogP contribution in [0.25, 0.3) is 0 Å². The zero-order valence-electron chi connectivity index (χ0n) is 23.1. The molecule has 4 N–H and O–H groups in total. The molecule has 3 aromatic rings. The minimum Gasteiger partial charge on any atom is -0.386 e. The van der Waals surface area contributed by atoms with Crippen LogP contribution in [0.2, 0.25) is 10.0 Å². The standard InChI is InChI=1S/C14H17Cl2N3OS.C14H15Cl2N3OS.B/c2*15-11-4-2-1-3-10(11)7-14(20,13(16)5-6-13)8-19-12(21)17-9-18-19;/h1-4,9,12,20-21H,5-8H2,(H,17,18);1-4,9,20H,5-8H2,(H,17,18,21);. The Labute approximate surface area is 283 Å². The first-order valence-corrected chi connectivity index (χ1v) is 15.9. The summed E-state index contributed by atoms with van der Waals surface area (Å²) in [6.45, 7) is 0.594. The summed E-state index contributed by atoms with van der Waals surface area (Å²) in [7, 11) is 0. The van der Waals surface area contributed by atoms with Crippen LogP contribution in [-0.2, 0) is 19.4 Å². The minimum atomic E-state index is -1.13. The molecule has 2 fully saturated rings. The second-order valence-electron chi connectivity index (χ2n) is 11.2. The number of alkyl halides is 2. The van der Waals surface area contributed by atoms with Gasteiger partial charge < -0.3 is 15.6 Å². The Bertz CT molecular complexity index is 1500. The van der Waals surface area contributed by atoms with Crippen LogP contribution in [0.1, 0.15) is 36.8 Å². The van der Waals surface area contributed by atoms with Crippen molar-refractivity contribution in [3.8, 4) is 0 Å². The van der Waals surface area contributed by atoms with Gasteiger partial charge in [-0.05, 0) is 61.2 Å². The summed E-state index contributed by atoms with van der Waals surface area (Å²) in [5.74, 6) is 0. The average Bonchev–Trinajstić information content (AvgIpc) is 3.81. The molecular formula is C28H32BCl4N6O2S2. The number of aromatic nitrogens is 3. The number of rotatable bonds is 10. The number of hydrogen-bond donors (Lipinski definition) is 5. The van der Waals surface area contributed by atoms with Crippen molar-refractivity contribution in [1.82, 2.24) is 25.2 Å². The normalized spacial score (nSPS) is 22.3. The first-order valence-electron chi connectivity index (χ1n) is 13.5. The lowest BCUT2D eigenvalue weighted by molar-refractivity contribution is -0.0134. The fraction of sp³-hybridized carbons (Fsp3) is 0.464. The van der Waals surface area contributed by atoms with Gasteiger partial charge in [0.1, 0.15) is 17.5 Å². The fourth-order valence-electron chi connectivity index (χ4n) is 5.16. The van der Waals surface area contributed by atoms with Crippen molar-refractivity contribution < 1.29 is 10.2 Å². The first kappa shape index (κ1) is 34.6. The summed E-state index contributed by atoms with van der Waals surface area (Å²) in [5, 5.41) is 28.3. The minimum absolute atomic E-state index is 0. The summed E-state index contributed by atoms with van der Waals surface area (Å²) in [6, 6.07) is 15.0. The first-order chi connectivity index (χ1) is 19.9. The monoisotopic (exact) mass is 699 g/mol. The smallest absolute Gasteiger partial charge is 0.215 e. The van der Waals surface area contributed by atoms with E-state index in [2.05, 4.69) is 33.1 Å². The van der Waals surface area contributed by atoms with Crippen LogP contribution in [0.5, 0.6) is 0 Å². The van der Waals surface area contributed by atoms with E-state index in [4.69, 9.17) is 58.6 Å². The van der Waals surface area contributed by atoms with Crippen LogP contribution in [0.4, 0.5) is 0 Å². The van der Waals surface area contributed by atoms with E-state index < -0.39 is 21.0 Å². The van der Waals surface area contributed by atoms with Gasteiger partial charge in [-0.1, -0.05) is 59.6 Å². The number of hydrogen-bond acceptors (Lipinski definition) is 8. The Morgan fingerprint density at radius 3 is 1.79 bits per heavy atom. The summed E-state index contributed by atoms with van der Waals surface area (Å²) >= 11 is 35.0. The molecule has 3 atom stereocenters. The number of β-amino-alcohol motifs (C(OH)–C–C–N with tert-alkyl or cyclic N) is 1. The van der Waals surface area contributed by atoms with Gasteiger partial charge in [0, 0.05) is 31.3 Å². The molecular weight excluding hydrogens is 669 g/mol. The molecule has 229 valence electrons. The Morgan fingerprint density at radius 1 is 0.907 bits per heavy atom. The van der Waals surface area contributed by atoms with Gasteiger partial charge in [-0.3, -0.25) is 9.78 Å². The second-order valence-corrected chi connectivity index (χ2v) is 14.3. The van der Waals surface area contributed by atoms with Gasteiger partial charge in [-0.2, -0.15) is 5.01 Å². The molecule has 1 aromatic heterocycles. The van der Waals surface area contributed by atoms with E-state index in [1.54, 1.807) is 16.0 Å². The molecule has 2 aromatic carbocycles. The molecule has 15 heteroatoms. The number of halogens is 4. The molecule has 1 aliphatic heterocycles. The zero-order chi connectivity index (χ0) is 30.2. The Morgan fingerprint density at radius 2 is 1.40 bits per heavy atom. The summed E-state index contributed by atoms with van der Waals surface area (Å²) in [6.07, 6.45) is 6.98. The molecule has 0 amide bonds. The molecule has 0 bridgehead atoms. The van der Waals surface area contributed by atoms with Crippen LogP contribution in [0.3, 0.4) is 0 Å². The lowest BCUT2D eigenvalue weighted by Crippen LogP contribution is -2.55. The van der Waals surface area contributed by atoms with Gasteiger partial charge in [-0.25, -0.2) is 9.98 Å². The maximum atomic E-state index is 11.2.